The highest BCUT2D eigenvalue weighted by atomic mass is 35.5. The summed E-state index contributed by atoms with van der Waals surface area (Å²) in [4.78, 5) is 12.5. The van der Waals surface area contributed by atoms with Gasteiger partial charge >= 0.3 is 5.97 Å². The Kier molecular flexibility index (Phi) is 9.73. The molecule has 0 radical (unpaired) electrons. The molecule has 1 saturated heterocycles. The maximum atomic E-state index is 12.5. The number of quaternary nitrogens is 1. The molecule has 0 aromatic heterocycles. The molecule has 4 rings (SSSR count). The summed E-state index contributed by atoms with van der Waals surface area (Å²) in [5, 5.41) is 0.728. The number of esters is 1. The monoisotopic (exact) mass is 512 g/mol. The number of ether oxygens (including phenoxy) is 2. The fraction of sp³-hybridized carbons (Fsp3) is 0.581. The lowest BCUT2D eigenvalue weighted by molar-refractivity contribution is -0.915. The van der Waals surface area contributed by atoms with Crippen LogP contribution < -0.4 is 4.74 Å². The lowest BCUT2D eigenvalue weighted by atomic mass is 9.84. The van der Waals surface area contributed by atoms with Crippen molar-refractivity contribution in [3.05, 3.63) is 58.6 Å². The molecule has 2 aliphatic heterocycles. The van der Waals surface area contributed by atoms with E-state index in [0.29, 0.717) is 23.6 Å². The van der Waals surface area contributed by atoms with Gasteiger partial charge in [-0.15, -0.1) is 0 Å². The zero-order chi connectivity index (χ0) is 25.4. The Balaban J connectivity index is 1.26. The molecule has 4 nitrogen and oxygen atoms in total. The first-order valence-corrected chi connectivity index (χ1v) is 14.4. The number of unbranched alkanes of at least 4 members (excludes halogenated alkanes) is 9. The summed E-state index contributed by atoms with van der Waals surface area (Å²) in [6.45, 7) is 4.47. The van der Waals surface area contributed by atoms with Crippen molar-refractivity contribution in [3.63, 3.8) is 0 Å². The van der Waals surface area contributed by atoms with Gasteiger partial charge in [-0.2, -0.15) is 0 Å². The van der Waals surface area contributed by atoms with E-state index >= 15 is 0 Å². The Bertz CT molecular complexity index is 1010. The molecule has 2 heterocycles. The van der Waals surface area contributed by atoms with Crippen molar-refractivity contribution < 1.29 is 18.8 Å². The van der Waals surface area contributed by atoms with E-state index in [-0.39, 0.29) is 11.9 Å². The van der Waals surface area contributed by atoms with Crippen molar-refractivity contribution in [1.82, 2.24) is 0 Å². The Hall–Kier alpha value is -2.04. The largest absolute Gasteiger partial charge is 0.457 e. The van der Waals surface area contributed by atoms with Crippen LogP contribution in [0.3, 0.4) is 0 Å². The molecule has 0 saturated carbocycles. The molecule has 1 fully saturated rings. The first-order valence-electron chi connectivity index (χ1n) is 14.0. The molecule has 3 atom stereocenters. The minimum absolute atomic E-state index is 0.0619. The summed E-state index contributed by atoms with van der Waals surface area (Å²) in [5.74, 6) is 2.30. The smallest absolute Gasteiger partial charge is 0.310 e. The quantitative estimate of drug-likeness (QED) is 0.153. The summed E-state index contributed by atoms with van der Waals surface area (Å²) < 4.78 is 12.8. The number of benzene rings is 2. The summed E-state index contributed by atoms with van der Waals surface area (Å²) in [6.07, 6.45) is 13.2. The molecule has 0 amide bonds. The number of nitrogens with zero attached hydrogens (tertiary/aromatic N) is 1. The van der Waals surface area contributed by atoms with Crippen molar-refractivity contribution in [2.24, 2.45) is 0 Å². The highest BCUT2D eigenvalue weighted by Crippen LogP contribution is 2.51. The van der Waals surface area contributed by atoms with E-state index in [0.717, 1.165) is 48.0 Å². The van der Waals surface area contributed by atoms with Gasteiger partial charge in [0.25, 0.3) is 0 Å². The van der Waals surface area contributed by atoms with E-state index in [1.165, 1.54) is 56.9 Å². The van der Waals surface area contributed by atoms with Crippen LogP contribution in [0.4, 0.5) is 0 Å². The molecular weight excluding hydrogens is 470 g/mol. The minimum Gasteiger partial charge on any atom is -0.457 e. The fourth-order valence-electron chi connectivity index (χ4n) is 5.97. The van der Waals surface area contributed by atoms with Crippen LogP contribution in [0.5, 0.6) is 11.5 Å². The number of hydrogen-bond acceptors (Lipinski definition) is 3. The van der Waals surface area contributed by atoms with E-state index in [2.05, 4.69) is 26.1 Å². The fourth-order valence-corrected chi connectivity index (χ4v) is 6.15. The van der Waals surface area contributed by atoms with Gasteiger partial charge in [-0.1, -0.05) is 94.5 Å². The van der Waals surface area contributed by atoms with Crippen LogP contribution in [0.2, 0.25) is 5.02 Å². The Morgan fingerprint density at radius 1 is 0.889 bits per heavy atom. The Labute approximate surface area is 222 Å². The van der Waals surface area contributed by atoms with Gasteiger partial charge < -0.3 is 9.47 Å². The molecule has 0 N–H and O–H groups in total. The minimum atomic E-state index is -0.0619. The van der Waals surface area contributed by atoms with E-state index in [4.69, 9.17) is 21.1 Å². The maximum absolute atomic E-state index is 12.5. The molecule has 196 valence electrons. The summed E-state index contributed by atoms with van der Waals surface area (Å²) in [5.41, 5.74) is 2.38. The number of hydrogen-bond donors (Lipinski definition) is 0. The molecule has 36 heavy (non-hydrogen) atoms. The van der Waals surface area contributed by atoms with Crippen LogP contribution in [-0.2, 0) is 9.53 Å². The normalized spacial score (nSPS) is 22.2. The van der Waals surface area contributed by atoms with Gasteiger partial charge in [-0.3, -0.25) is 9.28 Å². The third kappa shape index (κ3) is 7.04. The van der Waals surface area contributed by atoms with Gasteiger partial charge in [0.2, 0.25) is 6.73 Å². The molecule has 0 bridgehead atoms. The second kappa shape index (κ2) is 13.0. The average Bonchev–Trinajstić information content (AvgIpc) is 3.17. The summed E-state index contributed by atoms with van der Waals surface area (Å²) in [6, 6.07) is 14.2. The zero-order valence-corrected chi connectivity index (χ0v) is 22.9. The van der Waals surface area contributed by atoms with E-state index in [9.17, 15) is 4.79 Å². The van der Waals surface area contributed by atoms with Gasteiger partial charge in [0, 0.05) is 34.4 Å². The molecule has 0 aliphatic carbocycles. The van der Waals surface area contributed by atoms with E-state index in [1.807, 2.05) is 30.3 Å². The third-order valence-corrected chi connectivity index (χ3v) is 8.18. The second-order valence-corrected chi connectivity index (χ2v) is 11.5. The lowest BCUT2D eigenvalue weighted by Crippen LogP contribution is -2.44. The predicted molar refractivity (Wildman–Crippen MR) is 147 cm³/mol. The predicted octanol–water partition coefficient (Wildman–Crippen LogP) is 8.59. The maximum Gasteiger partial charge on any atom is 0.310 e. The van der Waals surface area contributed by atoms with Crippen molar-refractivity contribution in [3.8, 4) is 11.5 Å². The van der Waals surface area contributed by atoms with Gasteiger partial charge in [-0.05, 0) is 30.7 Å². The zero-order valence-electron chi connectivity index (χ0n) is 22.1. The molecule has 0 spiro atoms. The third-order valence-electron chi connectivity index (χ3n) is 7.94. The molecule has 5 heteroatoms. The van der Waals surface area contributed by atoms with Crippen molar-refractivity contribution in [1.29, 1.82) is 0 Å². The average molecular weight is 513 g/mol. The highest BCUT2D eigenvalue weighted by Gasteiger charge is 2.48. The summed E-state index contributed by atoms with van der Waals surface area (Å²) in [7, 11) is 2.20. The number of carbonyl (C=O) groups excluding carboxylic acids is 1. The van der Waals surface area contributed by atoms with Gasteiger partial charge in [0.1, 0.15) is 11.5 Å². The second-order valence-electron chi connectivity index (χ2n) is 11.1. The first kappa shape index (κ1) is 27.0. The Morgan fingerprint density at radius 3 is 2.22 bits per heavy atom. The molecule has 2 aromatic carbocycles. The van der Waals surface area contributed by atoms with Gasteiger partial charge in [0.15, 0.2) is 0 Å². The van der Waals surface area contributed by atoms with Crippen molar-refractivity contribution >= 4 is 17.6 Å². The van der Waals surface area contributed by atoms with Crippen molar-refractivity contribution in [2.75, 3.05) is 26.9 Å². The van der Waals surface area contributed by atoms with E-state index < -0.39 is 0 Å². The van der Waals surface area contributed by atoms with Crippen LogP contribution in [-0.4, -0.2) is 37.3 Å². The standard InChI is InChI=1S/C31H43ClNO3/c1-3-4-5-6-7-8-9-10-11-12-17-31(34)35-23-33(2)21-27-25-15-13-14-16-29(25)36-30-19-18-24(32)20-26(30)28(27)22-33/h13-16,18-20,27-28H,3-12,17,21-23H2,1-2H3/q+1. The highest BCUT2D eigenvalue weighted by molar-refractivity contribution is 6.30. The van der Waals surface area contributed by atoms with Crippen LogP contribution in [0, 0.1) is 0 Å². The van der Waals surface area contributed by atoms with Crippen LogP contribution in [0.1, 0.15) is 101 Å². The first-order chi connectivity index (χ1) is 17.5. The van der Waals surface area contributed by atoms with Crippen LogP contribution in [0.25, 0.3) is 0 Å². The van der Waals surface area contributed by atoms with Gasteiger partial charge in [-0.25, -0.2) is 0 Å². The lowest BCUT2D eigenvalue weighted by Gasteiger charge is -2.29. The van der Waals surface area contributed by atoms with Crippen LogP contribution >= 0.6 is 11.6 Å². The number of fused-ring (bicyclic) bond motifs is 5. The number of likely N-dealkylation sites (tertiary alicyclic amines) is 1. The molecule has 2 aromatic rings. The number of likely N-dealkylation sites (N-methyl/N-ethyl adjacent to an activating group) is 1. The molecule has 3 unspecified atom stereocenters. The molecule has 2 aliphatic rings. The molecular formula is C31H43ClNO3+. The van der Waals surface area contributed by atoms with Crippen molar-refractivity contribution in [2.45, 2.75) is 89.4 Å². The number of rotatable bonds is 13. The van der Waals surface area contributed by atoms with E-state index in [1.54, 1.807) is 0 Å². The topological polar surface area (TPSA) is 35.5 Å². The number of halogens is 1. The SMILES string of the molecule is CCCCCCCCCCCCC(=O)OC[N+]1(C)CC2c3ccccc3Oc3ccc(Cl)cc3C2C1. The number of carbonyl (C=O) groups is 1. The van der Waals surface area contributed by atoms with Gasteiger partial charge in [0.05, 0.1) is 20.1 Å². The van der Waals surface area contributed by atoms with Crippen LogP contribution in [0.15, 0.2) is 42.5 Å². The number of para-hydroxylation sites is 1. The Morgan fingerprint density at radius 2 is 1.50 bits per heavy atom. The summed E-state index contributed by atoms with van der Waals surface area (Å²) >= 11 is 6.39.